The first-order valence-corrected chi connectivity index (χ1v) is 7.92. The smallest absolute Gasteiger partial charge is 0.126 e. The second-order valence-corrected chi connectivity index (χ2v) is 5.87. The van der Waals surface area contributed by atoms with Gasteiger partial charge in [0.2, 0.25) is 0 Å². The Morgan fingerprint density at radius 3 is 2.13 bits per heavy atom. The lowest BCUT2D eigenvalue weighted by Gasteiger charge is -1.99. The van der Waals surface area contributed by atoms with Gasteiger partial charge in [0.05, 0.1) is 25.4 Å². The van der Waals surface area contributed by atoms with Gasteiger partial charge < -0.3 is 9.47 Å². The van der Waals surface area contributed by atoms with Crippen molar-refractivity contribution in [2.75, 3.05) is 13.2 Å². The summed E-state index contributed by atoms with van der Waals surface area (Å²) in [5.74, 6) is -0.274. The minimum Gasteiger partial charge on any atom is -0.373 e. The van der Waals surface area contributed by atoms with Crippen LogP contribution in [-0.2, 0) is 22.3 Å². The van der Waals surface area contributed by atoms with Gasteiger partial charge in [0, 0.05) is 6.42 Å². The summed E-state index contributed by atoms with van der Waals surface area (Å²) in [6.45, 7) is 1.71. The lowest BCUT2D eigenvalue weighted by molar-refractivity contribution is 0.395. The highest BCUT2D eigenvalue weighted by Crippen LogP contribution is 2.18. The fourth-order valence-corrected chi connectivity index (χ4v) is 2.32. The van der Waals surface area contributed by atoms with Crippen molar-refractivity contribution in [2.24, 2.45) is 0 Å². The molecule has 2 fully saturated rings. The van der Waals surface area contributed by atoms with Crippen LogP contribution in [0.4, 0.5) is 8.78 Å². The van der Waals surface area contributed by atoms with Gasteiger partial charge in [-0.3, -0.25) is 0 Å². The van der Waals surface area contributed by atoms with E-state index in [9.17, 15) is 8.78 Å². The Morgan fingerprint density at radius 2 is 1.52 bits per heavy atom. The van der Waals surface area contributed by atoms with E-state index in [1.54, 1.807) is 18.2 Å². The van der Waals surface area contributed by atoms with Crippen LogP contribution < -0.4 is 0 Å². The van der Waals surface area contributed by atoms with E-state index in [1.807, 2.05) is 12.1 Å². The fourth-order valence-electron chi connectivity index (χ4n) is 2.32. The molecule has 2 aromatic rings. The molecule has 122 valence electrons. The molecule has 4 heteroatoms. The van der Waals surface area contributed by atoms with Crippen molar-refractivity contribution >= 4 is 0 Å². The molecule has 0 spiro atoms. The molecule has 2 aliphatic rings. The normalized spacial score (nSPS) is 21.3. The number of benzene rings is 2. The maximum absolute atomic E-state index is 13.0. The Morgan fingerprint density at radius 1 is 0.870 bits per heavy atom. The average Bonchev–Trinajstić information content (AvgIpc) is 3.45. The molecule has 0 saturated carbocycles. The minimum absolute atomic E-state index is 0.0989. The molecule has 0 amide bonds. The van der Waals surface area contributed by atoms with E-state index in [0.717, 1.165) is 43.6 Å². The van der Waals surface area contributed by atoms with Crippen molar-refractivity contribution in [1.29, 1.82) is 0 Å². The second-order valence-electron chi connectivity index (χ2n) is 5.87. The molecule has 4 rings (SSSR count). The predicted molar refractivity (Wildman–Crippen MR) is 84.3 cm³/mol. The highest BCUT2D eigenvalue weighted by molar-refractivity contribution is 5.18. The van der Waals surface area contributed by atoms with Crippen LogP contribution in [0, 0.1) is 11.6 Å². The zero-order valence-corrected chi connectivity index (χ0v) is 12.9. The fraction of sp³-hybridized carbons (Fsp3) is 0.368. The van der Waals surface area contributed by atoms with Crippen molar-refractivity contribution in [2.45, 2.75) is 31.5 Å². The van der Waals surface area contributed by atoms with Crippen molar-refractivity contribution in [3.63, 3.8) is 0 Å². The zero-order chi connectivity index (χ0) is 16.1. The lowest BCUT2D eigenvalue weighted by atomic mass is 10.1. The van der Waals surface area contributed by atoms with E-state index in [1.165, 1.54) is 18.2 Å². The summed E-state index contributed by atoms with van der Waals surface area (Å²) in [5.41, 5.74) is 1.95. The monoisotopic (exact) mass is 318 g/mol. The Kier molecular flexibility index (Phi) is 5.36. The van der Waals surface area contributed by atoms with Gasteiger partial charge in [0.15, 0.2) is 0 Å². The molecule has 0 aromatic heterocycles. The van der Waals surface area contributed by atoms with Crippen LogP contribution in [0.5, 0.6) is 0 Å². The largest absolute Gasteiger partial charge is 0.373 e. The SMILES string of the molecule is Fc1ccc(CC2CO2)cc1.Fc1ccccc1CCC1CO1. The van der Waals surface area contributed by atoms with E-state index in [4.69, 9.17) is 9.47 Å². The Bertz CT molecular complexity index is 620. The maximum atomic E-state index is 13.0. The number of hydrogen-bond donors (Lipinski definition) is 0. The van der Waals surface area contributed by atoms with E-state index >= 15 is 0 Å². The molecule has 23 heavy (non-hydrogen) atoms. The molecule has 2 aromatic carbocycles. The standard InChI is InChI=1S/C10H11FO.C9H9FO/c11-10-4-2-1-3-8(10)5-6-9-7-12-9;10-8-3-1-7(2-4-8)5-9-6-11-9/h1-4,9H,5-7H2;1-4,9H,5-6H2. The molecule has 0 radical (unpaired) electrons. The van der Waals surface area contributed by atoms with E-state index in [2.05, 4.69) is 0 Å². The molecule has 0 aliphatic carbocycles. The van der Waals surface area contributed by atoms with Crippen LogP contribution >= 0.6 is 0 Å². The highest BCUT2D eigenvalue weighted by atomic mass is 19.1. The molecular formula is C19H20F2O2. The first kappa shape index (κ1) is 16.1. The average molecular weight is 318 g/mol. The zero-order valence-electron chi connectivity index (χ0n) is 12.9. The number of epoxide rings is 2. The van der Waals surface area contributed by atoms with Gasteiger partial charge in [-0.1, -0.05) is 30.3 Å². The van der Waals surface area contributed by atoms with Crippen LogP contribution in [-0.4, -0.2) is 25.4 Å². The van der Waals surface area contributed by atoms with Crippen LogP contribution in [0.3, 0.4) is 0 Å². The molecule has 2 nitrogen and oxygen atoms in total. The Hall–Kier alpha value is -1.78. The quantitative estimate of drug-likeness (QED) is 0.781. The summed E-state index contributed by atoms with van der Waals surface area (Å²) in [6, 6.07) is 13.5. The predicted octanol–water partition coefficient (Wildman–Crippen LogP) is 3.92. The number of rotatable bonds is 5. The summed E-state index contributed by atoms with van der Waals surface area (Å²) in [6.07, 6.45) is 3.43. The van der Waals surface area contributed by atoms with Crippen LogP contribution in [0.15, 0.2) is 48.5 Å². The van der Waals surface area contributed by atoms with Gasteiger partial charge in [0.1, 0.15) is 11.6 Å². The number of halogens is 2. The molecule has 0 N–H and O–H groups in total. The summed E-state index contributed by atoms with van der Waals surface area (Å²) in [7, 11) is 0. The van der Waals surface area contributed by atoms with E-state index in [-0.39, 0.29) is 11.6 Å². The molecule has 2 unspecified atom stereocenters. The molecule has 0 bridgehead atoms. The van der Waals surface area contributed by atoms with Crippen molar-refractivity contribution < 1.29 is 18.3 Å². The summed E-state index contributed by atoms with van der Waals surface area (Å²) in [4.78, 5) is 0. The molecule has 2 atom stereocenters. The number of hydrogen-bond acceptors (Lipinski definition) is 2. The van der Waals surface area contributed by atoms with Gasteiger partial charge in [-0.15, -0.1) is 0 Å². The van der Waals surface area contributed by atoms with Crippen molar-refractivity contribution in [3.05, 3.63) is 71.3 Å². The first-order valence-electron chi connectivity index (χ1n) is 7.92. The summed E-state index contributed by atoms with van der Waals surface area (Å²) < 4.78 is 35.5. The van der Waals surface area contributed by atoms with Gasteiger partial charge in [0.25, 0.3) is 0 Å². The van der Waals surface area contributed by atoms with Gasteiger partial charge in [-0.2, -0.15) is 0 Å². The Labute approximate surface area is 135 Å². The van der Waals surface area contributed by atoms with E-state index < -0.39 is 0 Å². The molecular weight excluding hydrogens is 298 g/mol. The summed E-state index contributed by atoms with van der Waals surface area (Å²) in [5, 5.41) is 0. The first-order chi connectivity index (χ1) is 11.2. The highest BCUT2D eigenvalue weighted by Gasteiger charge is 2.22. The lowest BCUT2D eigenvalue weighted by Crippen LogP contribution is -1.93. The third-order valence-electron chi connectivity index (χ3n) is 3.87. The van der Waals surface area contributed by atoms with Crippen molar-refractivity contribution in [3.8, 4) is 0 Å². The second kappa shape index (κ2) is 7.66. The minimum atomic E-state index is -0.175. The summed E-state index contributed by atoms with van der Waals surface area (Å²) >= 11 is 0. The molecule has 2 saturated heterocycles. The van der Waals surface area contributed by atoms with Crippen molar-refractivity contribution in [1.82, 2.24) is 0 Å². The Balaban J connectivity index is 0.000000136. The maximum Gasteiger partial charge on any atom is 0.126 e. The third kappa shape index (κ3) is 5.73. The number of aryl methyl sites for hydroxylation is 1. The van der Waals surface area contributed by atoms with Gasteiger partial charge in [-0.25, -0.2) is 8.78 Å². The molecule has 2 heterocycles. The van der Waals surface area contributed by atoms with Gasteiger partial charge >= 0.3 is 0 Å². The molecule has 2 aliphatic heterocycles. The van der Waals surface area contributed by atoms with Crippen LogP contribution in [0.25, 0.3) is 0 Å². The third-order valence-corrected chi connectivity index (χ3v) is 3.87. The van der Waals surface area contributed by atoms with Crippen LogP contribution in [0.1, 0.15) is 17.5 Å². The topological polar surface area (TPSA) is 25.1 Å². The van der Waals surface area contributed by atoms with Gasteiger partial charge in [-0.05, 0) is 42.2 Å². The van der Waals surface area contributed by atoms with Crippen LogP contribution in [0.2, 0.25) is 0 Å². The van der Waals surface area contributed by atoms with E-state index in [0.29, 0.717) is 12.2 Å². The number of ether oxygens (including phenoxy) is 2.